The number of hydrogen-bond donors (Lipinski definition) is 1. The molecule has 4 nitrogen and oxygen atoms in total. The standard InChI is InChI=1S/C20H24ClN3O/c21-16-6-3-5-15(13-16)18-14-23(12-10-22-18)20(25)19-9-4-11-24(19)17-7-1-2-8-17/h3-6,9,11,13,17-18,22H,1-2,7-8,10,12,14H2. The molecule has 5 heteroatoms. The molecule has 0 radical (unpaired) electrons. The van der Waals surface area contributed by atoms with Crippen molar-refractivity contribution in [3.8, 4) is 0 Å². The van der Waals surface area contributed by atoms with Crippen LogP contribution in [-0.2, 0) is 0 Å². The fraction of sp³-hybridized carbons (Fsp3) is 0.450. The minimum Gasteiger partial charge on any atom is -0.340 e. The van der Waals surface area contributed by atoms with E-state index in [1.54, 1.807) is 0 Å². The van der Waals surface area contributed by atoms with Gasteiger partial charge in [0.05, 0.1) is 6.04 Å². The number of hydrogen-bond acceptors (Lipinski definition) is 2. The molecule has 2 fully saturated rings. The van der Waals surface area contributed by atoms with E-state index < -0.39 is 0 Å². The van der Waals surface area contributed by atoms with E-state index in [0.29, 0.717) is 12.6 Å². The molecule has 2 aliphatic rings. The van der Waals surface area contributed by atoms with Crippen molar-refractivity contribution in [3.63, 3.8) is 0 Å². The van der Waals surface area contributed by atoms with Gasteiger partial charge in [0.2, 0.25) is 0 Å². The van der Waals surface area contributed by atoms with Gasteiger partial charge in [0.25, 0.3) is 5.91 Å². The number of carbonyl (C=O) groups excluding carboxylic acids is 1. The maximum absolute atomic E-state index is 13.1. The van der Waals surface area contributed by atoms with Gasteiger partial charge >= 0.3 is 0 Å². The normalized spacial score (nSPS) is 21.6. The molecule has 4 rings (SSSR count). The van der Waals surface area contributed by atoms with Crippen LogP contribution < -0.4 is 5.32 Å². The van der Waals surface area contributed by atoms with Gasteiger partial charge in [0.15, 0.2) is 0 Å². The molecule has 1 aliphatic carbocycles. The fourth-order valence-electron chi connectivity index (χ4n) is 4.12. The number of benzene rings is 1. The highest BCUT2D eigenvalue weighted by Crippen LogP contribution is 2.31. The van der Waals surface area contributed by atoms with Crippen molar-refractivity contribution in [3.05, 3.63) is 58.9 Å². The molecule has 1 unspecified atom stereocenters. The van der Waals surface area contributed by atoms with Crippen molar-refractivity contribution in [2.24, 2.45) is 0 Å². The molecule has 1 aliphatic heterocycles. The number of rotatable bonds is 3. The maximum Gasteiger partial charge on any atom is 0.270 e. The first-order valence-corrected chi connectivity index (χ1v) is 9.55. The Kier molecular flexibility index (Phi) is 4.82. The lowest BCUT2D eigenvalue weighted by Gasteiger charge is -2.34. The summed E-state index contributed by atoms with van der Waals surface area (Å²) in [5.41, 5.74) is 1.97. The van der Waals surface area contributed by atoms with Gasteiger partial charge in [0.1, 0.15) is 5.69 Å². The lowest BCUT2D eigenvalue weighted by atomic mass is 10.0. The Hall–Kier alpha value is -1.78. The molecule has 2 aromatic rings. The van der Waals surface area contributed by atoms with Crippen LogP contribution >= 0.6 is 11.6 Å². The van der Waals surface area contributed by atoms with Gasteiger partial charge in [-0.3, -0.25) is 4.79 Å². The number of halogens is 1. The number of carbonyl (C=O) groups is 1. The smallest absolute Gasteiger partial charge is 0.270 e. The molecule has 1 amide bonds. The second-order valence-corrected chi connectivity index (χ2v) is 7.49. The monoisotopic (exact) mass is 357 g/mol. The summed E-state index contributed by atoms with van der Waals surface area (Å²) in [5.74, 6) is 0.144. The van der Waals surface area contributed by atoms with Crippen molar-refractivity contribution in [1.29, 1.82) is 0 Å². The molecule has 0 bridgehead atoms. The molecule has 1 saturated carbocycles. The van der Waals surface area contributed by atoms with Crippen LogP contribution in [0.1, 0.15) is 53.8 Å². The van der Waals surface area contributed by atoms with Crippen LogP contribution in [0.25, 0.3) is 0 Å². The highest BCUT2D eigenvalue weighted by atomic mass is 35.5. The Morgan fingerprint density at radius 3 is 2.80 bits per heavy atom. The minimum absolute atomic E-state index is 0.131. The van der Waals surface area contributed by atoms with Gasteiger partial charge in [-0.2, -0.15) is 0 Å². The number of aromatic nitrogens is 1. The Labute approximate surface area is 153 Å². The van der Waals surface area contributed by atoms with E-state index in [2.05, 4.69) is 22.1 Å². The van der Waals surface area contributed by atoms with Crippen LogP contribution in [0.5, 0.6) is 0 Å². The number of piperazine rings is 1. The topological polar surface area (TPSA) is 37.3 Å². The quantitative estimate of drug-likeness (QED) is 0.900. The Balaban J connectivity index is 1.52. The summed E-state index contributed by atoms with van der Waals surface area (Å²) in [6, 6.07) is 12.5. The number of amides is 1. The van der Waals surface area contributed by atoms with Crippen molar-refractivity contribution in [2.75, 3.05) is 19.6 Å². The molecule has 2 heterocycles. The summed E-state index contributed by atoms with van der Waals surface area (Å²) < 4.78 is 2.20. The summed E-state index contributed by atoms with van der Waals surface area (Å²) in [6.45, 7) is 2.22. The third-order valence-electron chi connectivity index (χ3n) is 5.43. The van der Waals surface area contributed by atoms with Gasteiger partial charge in [-0.1, -0.05) is 36.6 Å². The third kappa shape index (κ3) is 3.46. The van der Waals surface area contributed by atoms with Crippen LogP contribution in [0.4, 0.5) is 0 Å². The molecular formula is C20H24ClN3O. The van der Waals surface area contributed by atoms with Crippen molar-refractivity contribution < 1.29 is 4.79 Å². The third-order valence-corrected chi connectivity index (χ3v) is 5.66. The lowest BCUT2D eigenvalue weighted by molar-refractivity contribution is 0.0689. The summed E-state index contributed by atoms with van der Waals surface area (Å²) >= 11 is 6.13. The minimum atomic E-state index is 0.131. The number of nitrogens with one attached hydrogen (secondary N) is 1. The predicted molar refractivity (Wildman–Crippen MR) is 100 cm³/mol. The van der Waals surface area contributed by atoms with Crippen molar-refractivity contribution in [1.82, 2.24) is 14.8 Å². The molecule has 1 aromatic heterocycles. The van der Waals surface area contributed by atoms with Crippen LogP contribution in [-0.4, -0.2) is 35.0 Å². The van der Waals surface area contributed by atoms with E-state index in [9.17, 15) is 4.79 Å². The lowest BCUT2D eigenvalue weighted by Crippen LogP contribution is -2.48. The summed E-state index contributed by atoms with van der Waals surface area (Å²) in [5, 5.41) is 4.24. The Bertz CT molecular complexity index is 751. The summed E-state index contributed by atoms with van der Waals surface area (Å²) in [7, 11) is 0. The van der Waals surface area contributed by atoms with Crippen molar-refractivity contribution in [2.45, 2.75) is 37.8 Å². The van der Waals surface area contributed by atoms with E-state index in [-0.39, 0.29) is 11.9 Å². The van der Waals surface area contributed by atoms with E-state index in [0.717, 1.165) is 29.4 Å². The summed E-state index contributed by atoms with van der Waals surface area (Å²) in [6.07, 6.45) is 6.96. The van der Waals surface area contributed by atoms with E-state index in [4.69, 9.17) is 11.6 Å². The highest BCUT2D eigenvalue weighted by molar-refractivity contribution is 6.30. The SMILES string of the molecule is O=C(c1cccn1C1CCCC1)N1CCNC(c2cccc(Cl)c2)C1. The van der Waals surface area contributed by atoms with E-state index in [1.807, 2.05) is 35.2 Å². The zero-order valence-corrected chi connectivity index (χ0v) is 15.1. The molecule has 1 atom stereocenters. The first-order valence-electron chi connectivity index (χ1n) is 9.17. The zero-order chi connectivity index (χ0) is 17.2. The molecule has 1 aromatic carbocycles. The molecule has 1 saturated heterocycles. The van der Waals surface area contributed by atoms with Gasteiger partial charge in [0, 0.05) is 36.9 Å². The Morgan fingerprint density at radius 1 is 1.16 bits per heavy atom. The van der Waals surface area contributed by atoms with Gasteiger partial charge in [-0.15, -0.1) is 0 Å². The zero-order valence-electron chi connectivity index (χ0n) is 14.3. The molecule has 25 heavy (non-hydrogen) atoms. The molecule has 132 valence electrons. The van der Waals surface area contributed by atoms with E-state index in [1.165, 1.54) is 25.7 Å². The van der Waals surface area contributed by atoms with Crippen LogP contribution in [0.2, 0.25) is 5.02 Å². The van der Waals surface area contributed by atoms with Crippen molar-refractivity contribution >= 4 is 17.5 Å². The molecule has 1 N–H and O–H groups in total. The highest BCUT2D eigenvalue weighted by Gasteiger charge is 2.28. The first-order chi connectivity index (χ1) is 12.2. The second kappa shape index (κ2) is 7.22. The molecular weight excluding hydrogens is 334 g/mol. The number of nitrogens with zero attached hydrogens (tertiary/aromatic N) is 2. The Morgan fingerprint density at radius 2 is 2.00 bits per heavy atom. The fourth-order valence-corrected chi connectivity index (χ4v) is 4.32. The summed E-state index contributed by atoms with van der Waals surface area (Å²) in [4.78, 5) is 15.1. The van der Waals surface area contributed by atoms with Crippen LogP contribution in [0.15, 0.2) is 42.6 Å². The van der Waals surface area contributed by atoms with Gasteiger partial charge in [-0.05, 0) is 42.7 Å². The predicted octanol–water partition coefficient (Wildman–Crippen LogP) is 4.04. The molecule has 0 spiro atoms. The van der Waals surface area contributed by atoms with Gasteiger partial charge in [-0.25, -0.2) is 0 Å². The van der Waals surface area contributed by atoms with Crippen LogP contribution in [0.3, 0.4) is 0 Å². The average Bonchev–Trinajstić information content (AvgIpc) is 3.32. The second-order valence-electron chi connectivity index (χ2n) is 7.05. The van der Waals surface area contributed by atoms with Crippen LogP contribution in [0, 0.1) is 0 Å². The van der Waals surface area contributed by atoms with E-state index >= 15 is 0 Å². The van der Waals surface area contributed by atoms with Gasteiger partial charge < -0.3 is 14.8 Å². The largest absolute Gasteiger partial charge is 0.340 e. The average molecular weight is 358 g/mol. The maximum atomic E-state index is 13.1. The first kappa shape index (κ1) is 16.7.